The topological polar surface area (TPSA) is 127 Å². The van der Waals surface area contributed by atoms with Crippen LogP contribution in [-0.2, 0) is 21.2 Å². The van der Waals surface area contributed by atoms with Gasteiger partial charge in [0.05, 0.1) is 31.8 Å². The van der Waals surface area contributed by atoms with Gasteiger partial charge in [0.1, 0.15) is 15.7 Å². The summed E-state index contributed by atoms with van der Waals surface area (Å²) < 4.78 is 36.3. The number of methoxy groups -OCH3 is 1. The summed E-state index contributed by atoms with van der Waals surface area (Å²) in [5.74, 6) is 0.168. The first kappa shape index (κ1) is 28.0. The van der Waals surface area contributed by atoms with Crippen molar-refractivity contribution in [2.45, 2.75) is 48.4 Å². The molecule has 1 aliphatic heterocycles. The third-order valence-electron chi connectivity index (χ3n) is 7.08. The summed E-state index contributed by atoms with van der Waals surface area (Å²) in [6.45, 7) is 0.390. The maximum atomic E-state index is 13.8. The van der Waals surface area contributed by atoms with E-state index < -0.39 is 28.0 Å². The first-order valence-corrected chi connectivity index (χ1v) is 15.3. The second kappa shape index (κ2) is 12.3. The van der Waals surface area contributed by atoms with Gasteiger partial charge in [-0.15, -0.1) is 16.4 Å². The van der Waals surface area contributed by atoms with Crippen molar-refractivity contribution >= 4 is 27.3 Å². The van der Waals surface area contributed by atoms with E-state index in [-0.39, 0.29) is 6.42 Å². The molecule has 0 bridgehead atoms. The molecule has 0 aliphatic carbocycles. The molecule has 0 radical (unpaired) electrons. The van der Waals surface area contributed by atoms with Gasteiger partial charge in [0.2, 0.25) is 5.91 Å². The van der Waals surface area contributed by atoms with Crippen molar-refractivity contribution in [2.24, 2.45) is 0 Å². The van der Waals surface area contributed by atoms with Gasteiger partial charge >= 0.3 is 0 Å². The Balaban J connectivity index is 1.40. The second-order valence-electron chi connectivity index (χ2n) is 9.68. The molecule has 0 saturated carbocycles. The van der Waals surface area contributed by atoms with Crippen LogP contribution in [0.25, 0.3) is 10.4 Å². The van der Waals surface area contributed by atoms with Crippen molar-refractivity contribution in [3.8, 4) is 16.2 Å². The van der Waals surface area contributed by atoms with Crippen molar-refractivity contribution in [1.29, 1.82) is 0 Å². The maximum absolute atomic E-state index is 13.8. The van der Waals surface area contributed by atoms with Gasteiger partial charge in [0.25, 0.3) is 10.0 Å². The number of hydroxylamine groups is 1. The Morgan fingerprint density at radius 3 is 2.62 bits per heavy atom. The fourth-order valence-corrected chi connectivity index (χ4v) is 8.10. The summed E-state index contributed by atoms with van der Waals surface area (Å²) in [5.41, 5.74) is 4.15. The molecule has 3 heterocycles. The number of nitrogens with one attached hydrogen (secondary N) is 1. The predicted molar refractivity (Wildman–Crippen MR) is 151 cm³/mol. The number of piperidine rings is 1. The molecule has 12 heteroatoms. The Morgan fingerprint density at radius 2 is 1.90 bits per heavy atom. The standard InChI is InChI=1S/C28H31N5O5S2/c1-38-23-12-10-20(11-13-23)17-22(18-27(34)30-35)32-19-24(29-31-32)25-9-5-6-16-33(25)40(36,37)28-15-14-26(39-28)21-7-3-2-4-8-21/h2-4,7-8,10-15,19,22,25,35H,5-6,9,16-18H2,1H3,(H,30,34)/t22-,25?/m0/s1. The van der Waals surface area contributed by atoms with Gasteiger partial charge in [-0.2, -0.15) is 4.31 Å². The molecule has 210 valence electrons. The molecule has 2 N–H and O–H groups in total. The van der Waals surface area contributed by atoms with Gasteiger partial charge in [-0.05, 0) is 54.7 Å². The Morgan fingerprint density at radius 1 is 1.12 bits per heavy atom. The molecule has 1 unspecified atom stereocenters. The van der Waals surface area contributed by atoms with Crippen LogP contribution >= 0.6 is 11.3 Å². The minimum Gasteiger partial charge on any atom is -0.497 e. The van der Waals surface area contributed by atoms with Crippen molar-refractivity contribution in [3.05, 3.63) is 84.2 Å². The molecular formula is C28H31N5O5S2. The van der Waals surface area contributed by atoms with E-state index in [1.54, 1.807) is 29.5 Å². The highest BCUT2D eigenvalue weighted by Crippen LogP contribution is 2.38. The van der Waals surface area contributed by atoms with Gasteiger partial charge < -0.3 is 4.74 Å². The lowest BCUT2D eigenvalue weighted by Gasteiger charge is -2.33. The number of carbonyl (C=O) groups is 1. The third kappa shape index (κ3) is 6.09. The first-order chi connectivity index (χ1) is 19.4. The smallest absolute Gasteiger partial charge is 0.253 e. The van der Waals surface area contributed by atoms with Gasteiger partial charge in [-0.3, -0.25) is 10.0 Å². The zero-order valence-corrected chi connectivity index (χ0v) is 23.6. The van der Waals surface area contributed by atoms with E-state index in [2.05, 4.69) is 10.3 Å². The molecule has 2 atom stereocenters. The molecule has 4 aromatic rings. The summed E-state index contributed by atoms with van der Waals surface area (Å²) in [4.78, 5) is 13.0. The zero-order valence-electron chi connectivity index (χ0n) is 22.0. The summed E-state index contributed by atoms with van der Waals surface area (Å²) >= 11 is 1.26. The fourth-order valence-electron chi connectivity index (χ4n) is 4.99. The zero-order chi connectivity index (χ0) is 28.1. The van der Waals surface area contributed by atoms with Crippen LogP contribution in [0.15, 0.2) is 77.1 Å². The number of carbonyl (C=O) groups excluding carboxylic acids is 1. The Hall–Kier alpha value is -3.58. The lowest BCUT2D eigenvalue weighted by Crippen LogP contribution is -2.38. The van der Waals surface area contributed by atoms with Gasteiger partial charge in [0, 0.05) is 11.4 Å². The SMILES string of the molecule is COc1ccc(C[C@@H](CC(=O)NO)n2cc(C3CCCCN3S(=O)(=O)c3ccc(-c4ccccc4)s3)nn2)cc1. The van der Waals surface area contributed by atoms with Crippen LogP contribution in [0, 0.1) is 0 Å². The number of ether oxygens (including phenoxy) is 1. The number of hydrogen-bond donors (Lipinski definition) is 2. The lowest BCUT2D eigenvalue weighted by atomic mass is 10.0. The summed E-state index contributed by atoms with van der Waals surface area (Å²) in [6, 6.07) is 19.8. The second-order valence-corrected chi connectivity index (χ2v) is 12.9. The van der Waals surface area contributed by atoms with Gasteiger partial charge in [0.15, 0.2) is 0 Å². The normalized spacial score (nSPS) is 16.9. The number of aromatic nitrogens is 3. The number of nitrogens with zero attached hydrogens (tertiary/aromatic N) is 4. The minimum absolute atomic E-state index is 0.0323. The van der Waals surface area contributed by atoms with E-state index in [1.165, 1.54) is 15.6 Å². The highest BCUT2D eigenvalue weighted by Gasteiger charge is 2.37. The monoisotopic (exact) mass is 581 g/mol. The Kier molecular flexibility index (Phi) is 8.60. The quantitative estimate of drug-likeness (QED) is 0.207. The van der Waals surface area contributed by atoms with Crippen LogP contribution in [0.3, 0.4) is 0 Å². The van der Waals surface area contributed by atoms with Gasteiger partial charge in [-0.25, -0.2) is 18.6 Å². The van der Waals surface area contributed by atoms with E-state index in [1.807, 2.05) is 60.7 Å². The van der Waals surface area contributed by atoms with Crippen LogP contribution in [-0.4, -0.2) is 52.5 Å². The van der Waals surface area contributed by atoms with Crippen LogP contribution < -0.4 is 10.2 Å². The molecule has 1 fully saturated rings. The maximum Gasteiger partial charge on any atom is 0.253 e. The predicted octanol–water partition coefficient (Wildman–Crippen LogP) is 4.61. The van der Waals surface area contributed by atoms with E-state index in [0.29, 0.717) is 29.3 Å². The molecule has 10 nitrogen and oxygen atoms in total. The number of sulfonamides is 1. The summed E-state index contributed by atoms with van der Waals surface area (Å²) in [7, 11) is -2.18. The van der Waals surface area contributed by atoms with Crippen molar-refractivity contribution < 1.29 is 23.2 Å². The molecule has 5 rings (SSSR count). The molecular weight excluding hydrogens is 550 g/mol. The molecule has 40 heavy (non-hydrogen) atoms. The van der Waals surface area contributed by atoms with Gasteiger partial charge in [-0.1, -0.05) is 54.1 Å². The number of hydrogen-bond acceptors (Lipinski definition) is 8. The molecule has 1 saturated heterocycles. The number of benzene rings is 2. The largest absolute Gasteiger partial charge is 0.497 e. The number of rotatable bonds is 10. The molecule has 0 spiro atoms. The third-order valence-corrected chi connectivity index (χ3v) is 10.6. The Labute approximate surface area is 237 Å². The van der Waals surface area contributed by atoms with Crippen LogP contribution in [0.4, 0.5) is 0 Å². The summed E-state index contributed by atoms with van der Waals surface area (Å²) in [5, 5.41) is 17.8. The van der Waals surface area contributed by atoms with Crippen LogP contribution in [0.2, 0.25) is 0 Å². The highest BCUT2D eigenvalue weighted by atomic mass is 32.2. The average Bonchev–Trinajstić information content (AvgIpc) is 3.69. The molecule has 2 aromatic carbocycles. The number of amides is 1. The summed E-state index contributed by atoms with van der Waals surface area (Å²) in [6.07, 6.45) is 4.39. The fraction of sp³-hybridized carbons (Fsp3) is 0.321. The van der Waals surface area contributed by atoms with Crippen molar-refractivity contribution in [3.63, 3.8) is 0 Å². The molecule has 1 amide bonds. The van der Waals surface area contributed by atoms with Crippen molar-refractivity contribution in [1.82, 2.24) is 24.8 Å². The minimum atomic E-state index is -3.77. The first-order valence-electron chi connectivity index (χ1n) is 13.0. The lowest BCUT2D eigenvalue weighted by molar-refractivity contribution is -0.130. The molecule has 2 aromatic heterocycles. The Bertz CT molecular complexity index is 1540. The van der Waals surface area contributed by atoms with Crippen LogP contribution in [0.5, 0.6) is 5.75 Å². The van der Waals surface area contributed by atoms with Crippen LogP contribution in [0.1, 0.15) is 49.0 Å². The number of thiophene rings is 1. The average molecular weight is 582 g/mol. The van der Waals surface area contributed by atoms with E-state index >= 15 is 0 Å². The highest BCUT2D eigenvalue weighted by molar-refractivity contribution is 7.91. The van der Waals surface area contributed by atoms with Crippen molar-refractivity contribution in [2.75, 3.05) is 13.7 Å². The molecule has 1 aliphatic rings. The van der Waals surface area contributed by atoms with E-state index in [9.17, 15) is 13.2 Å². The van der Waals surface area contributed by atoms with E-state index in [4.69, 9.17) is 9.94 Å². The van der Waals surface area contributed by atoms with E-state index in [0.717, 1.165) is 34.6 Å².